The SMILES string of the molecule is CC(=O)O[C@@H]1CO[C@H]2[C@@H]1OC[C@H]2OC(=O)CCC(=O)Cl. The first kappa shape index (κ1) is 15.2. The van der Waals surface area contributed by atoms with Crippen LogP contribution >= 0.6 is 11.6 Å². The largest absolute Gasteiger partial charge is 0.457 e. The summed E-state index contributed by atoms with van der Waals surface area (Å²) in [5.41, 5.74) is 0. The minimum absolute atomic E-state index is 0.0704. The van der Waals surface area contributed by atoms with Crippen molar-refractivity contribution in [2.24, 2.45) is 0 Å². The molecule has 0 amide bonds. The minimum Gasteiger partial charge on any atom is -0.457 e. The van der Waals surface area contributed by atoms with Crippen molar-refractivity contribution in [3.63, 3.8) is 0 Å². The van der Waals surface area contributed by atoms with Gasteiger partial charge in [0.15, 0.2) is 12.2 Å². The van der Waals surface area contributed by atoms with E-state index < -0.39 is 41.6 Å². The molecule has 2 heterocycles. The Hall–Kier alpha value is -1.18. The molecule has 0 unspecified atom stereocenters. The quantitative estimate of drug-likeness (QED) is 0.528. The molecule has 2 aliphatic heterocycles. The molecule has 2 saturated heterocycles. The minimum atomic E-state index is -0.588. The van der Waals surface area contributed by atoms with Gasteiger partial charge in [0, 0.05) is 13.3 Å². The smallest absolute Gasteiger partial charge is 0.306 e. The van der Waals surface area contributed by atoms with Gasteiger partial charge in [-0.05, 0) is 11.6 Å². The van der Waals surface area contributed by atoms with Crippen LogP contribution in [-0.4, -0.2) is 54.8 Å². The molecule has 7 nitrogen and oxygen atoms in total. The van der Waals surface area contributed by atoms with E-state index in [2.05, 4.69) is 0 Å². The van der Waals surface area contributed by atoms with Crippen LogP contribution in [0.25, 0.3) is 0 Å². The number of halogens is 1. The number of carbonyl (C=O) groups is 3. The van der Waals surface area contributed by atoms with Gasteiger partial charge in [-0.1, -0.05) is 0 Å². The van der Waals surface area contributed by atoms with Gasteiger partial charge < -0.3 is 18.9 Å². The van der Waals surface area contributed by atoms with Gasteiger partial charge in [-0.3, -0.25) is 14.4 Å². The zero-order valence-corrected chi connectivity index (χ0v) is 11.6. The lowest BCUT2D eigenvalue weighted by Gasteiger charge is -2.16. The van der Waals surface area contributed by atoms with Crippen LogP contribution in [0.4, 0.5) is 0 Å². The Bertz CT molecular complexity index is 411. The molecule has 20 heavy (non-hydrogen) atoms. The van der Waals surface area contributed by atoms with E-state index in [1.807, 2.05) is 0 Å². The summed E-state index contributed by atoms with van der Waals surface area (Å²) in [6, 6.07) is 0. The second-order valence-corrected chi connectivity index (χ2v) is 5.05. The molecule has 0 aromatic heterocycles. The zero-order valence-electron chi connectivity index (χ0n) is 10.9. The van der Waals surface area contributed by atoms with Crippen LogP contribution in [0.2, 0.25) is 0 Å². The van der Waals surface area contributed by atoms with Gasteiger partial charge in [0.1, 0.15) is 12.2 Å². The molecule has 0 aromatic rings. The van der Waals surface area contributed by atoms with E-state index in [1.165, 1.54) is 6.92 Å². The fourth-order valence-corrected chi connectivity index (χ4v) is 2.37. The highest BCUT2D eigenvalue weighted by atomic mass is 35.5. The normalized spacial score (nSPS) is 31.7. The van der Waals surface area contributed by atoms with E-state index in [0.29, 0.717) is 0 Å². The van der Waals surface area contributed by atoms with Crippen molar-refractivity contribution in [3.8, 4) is 0 Å². The second-order valence-electron chi connectivity index (χ2n) is 4.63. The number of hydrogen-bond acceptors (Lipinski definition) is 7. The van der Waals surface area contributed by atoms with Gasteiger partial charge in [-0.15, -0.1) is 0 Å². The van der Waals surface area contributed by atoms with Gasteiger partial charge >= 0.3 is 11.9 Å². The molecule has 0 aromatic carbocycles. The van der Waals surface area contributed by atoms with Crippen molar-refractivity contribution in [2.45, 2.75) is 44.2 Å². The van der Waals surface area contributed by atoms with E-state index in [1.54, 1.807) is 0 Å². The monoisotopic (exact) mass is 306 g/mol. The van der Waals surface area contributed by atoms with Crippen molar-refractivity contribution < 1.29 is 33.3 Å². The summed E-state index contributed by atoms with van der Waals surface area (Å²) in [5, 5.41) is -0.588. The van der Waals surface area contributed by atoms with Gasteiger partial charge in [0.25, 0.3) is 0 Å². The standard InChI is InChI=1S/C12H15ClO7/c1-6(14)19-7-4-17-12-8(5-18-11(7)12)20-10(16)3-2-9(13)15/h7-8,11-12H,2-5H2,1H3/t7-,8-,11-,12-/m1/s1. The Morgan fingerprint density at radius 3 is 2.10 bits per heavy atom. The highest BCUT2D eigenvalue weighted by Gasteiger charge is 2.50. The summed E-state index contributed by atoms with van der Waals surface area (Å²) >= 11 is 5.15. The highest BCUT2D eigenvalue weighted by Crippen LogP contribution is 2.30. The van der Waals surface area contributed by atoms with Gasteiger partial charge in [0.05, 0.1) is 19.6 Å². The molecule has 0 bridgehead atoms. The summed E-state index contributed by atoms with van der Waals surface area (Å²) < 4.78 is 21.2. The summed E-state index contributed by atoms with van der Waals surface area (Å²) in [4.78, 5) is 33.0. The molecular weight excluding hydrogens is 292 g/mol. The first-order chi connectivity index (χ1) is 9.47. The fourth-order valence-electron chi connectivity index (χ4n) is 2.27. The van der Waals surface area contributed by atoms with E-state index in [-0.39, 0.29) is 26.1 Å². The van der Waals surface area contributed by atoms with E-state index in [9.17, 15) is 14.4 Å². The molecule has 112 valence electrons. The van der Waals surface area contributed by atoms with Crippen molar-refractivity contribution in [1.29, 1.82) is 0 Å². The Balaban J connectivity index is 1.83. The molecular formula is C12H15ClO7. The Morgan fingerprint density at radius 1 is 1.05 bits per heavy atom. The van der Waals surface area contributed by atoms with Crippen molar-refractivity contribution >= 4 is 28.8 Å². The Labute approximate surface area is 120 Å². The van der Waals surface area contributed by atoms with Gasteiger partial charge in [-0.2, -0.15) is 0 Å². The molecule has 0 radical (unpaired) electrons. The number of fused-ring (bicyclic) bond motifs is 1. The van der Waals surface area contributed by atoms with Crippen LogP contribution in [0.1, 0.15) is 19.8 Å². The lowest BCUT2D eigenvalue weighted by Crippen LogP contribution is -2.35. The predicted molar refractivity (Wildman–Crippen MR) is 65.0 cm³/mol. The molecule has 0 saturated carbocycles. The van der Waals surface area contributed by atoms with Crippen LogP contribution in [-0.2, 0) is 33.3 Å². The Kier molecular flexibility index (Phi) is 4.95. The third-order valence-corrected chi connectivity index (χ3v) is 3.28. The molecule has 2 aliphatic rings. The fraction of sp³-hybridized carbons (Fsp3) is 0.750. The van der Waals surface area contributed by atoms with Crippen LogP contribution in [0.5, 0.6) is 0 Å². The third-order valence-electron chi connectivity index (χ3n) is 3.09. The van der Waals surface area contributed by atoms with E-state index in [4.69, 9.17) is 30.5 Å². The lowest BCUT2D eigenvalue weighted by atomic mass is 10.1. The van der Waals surface area contributed by atoms with Crippen molar-refractivity contribution in [2.75, 3.05) is 13.2 Å². The second kappa shape index (κ2) is 6.51. The molecule has 8 heteroatoms. The number of carbonyl (C=O) groups excluding carboxylic acids is 3. The number of esters is 2. The lowest BCUT2D eigenvalue weighted by molar-refractivity contribution is -0.155. The van der Waals surface area contributed by atoms with Crippen LogP contribution in [0.15, 0.2) is 0 Å². The molecule has 2 fully saturated rings. The summed E-state index contributed by atoms with van der Waals surface area (Å²) in [6.07, 6.45) is -2.06. The maximum absolute atomic E-state index is 11.5. The first-order valence-electron chi connectivity index (χ1n) is 6.25. The zero-order chi connectivity index (χ0) is 14.7. The predicted octanol–water partition coefficient (Wildman–Crippen LogP) is 0.173. The third kappa shape index (κ3) is 3.68. The maximum Gasteiger partial charge on any atom is 0.306 e. The molecule has 0 spiro atoms. The Morgan fingerprint density at radius 2 is 1.60 bits per heavy atom. The average Bonchev–Trinajstić information content (AvgIpc) is 2.91. The van der Waals surface area contributed by atoms with E-state index >= 15 is 0 Å². The van der Waals surface area contributed by atoms with E-state index in [0.717, 1.165) is 0 Å². The van der Waals surface area contributed by atoms with Gasteiger partial charge in [-0.25, -0.2) is 0 Å². The van der Waals surface area contributed by atoms with Crippen LogP contribution in [0, 0.1) is 0 Å². The number of rotatable bonds is 5. The first-order valence-corrected chi connectivity index (χ1v) is 6.63. The molecule has 0 N–H and O–H groups in total. The van der Waals surface area contributed by atoms with Gasteiger partial charge in [0.2, 0.25) is 5.24 Å². The molecule has 4 atom stereocenters. The molecule has 0 aliphatic carbocycles. The summed E-state index contributed by atoms with van der Waals surface area (Å²) in [7, 11) is 0. The topological polar surface area (TPSA) is 88.1 Å². The maximum atomic E-state index is 11.5. The summed E-state index contributed by atoms with van der Waals surface area (Å²) in [6.45, 7) is 1.69. The van der Waals surface area contributed by atoms with Crippen molar-refractivity contribution in [3.05, 3.63) is 0 Å². The average molecular weight is 307 g/mol. The summed E-state index contributed by atoms with van der Waals surface area (Å²) in [5.74, 6) is -0.947. The number of hydrogen-bond donors (Lipinski definition) is 0. The van der Waals surface area contributed by atoms with Crippen LogP contribution in [0.3, 0.4) is 0 Å². The van der Waals surface area contributed by atoms with Crippen LogP contribution < -0.4 is 0 Å². The highest BCUT2D eigenvalue weighted by molar-refractivity contribution is 6.63. The molecule has 2 rings (SSSR count). The number of ether oxygens (including phenoxy) is 4. The van der Waals surface area contributed by atoms with Crippen molar-refractivity contribution in [1.82, 2.24) is 0 Å².